The van der Waals surface area contributed by atoms with Gasteiger partial charge >= 0.3 is 0 Å². The Balaban J connectivity index is 1.88. The normalized spacial score (nSPS) is 29.6. The van der Waals surface area contributed by atoms with Gasteiger partial charge in [-0.3, -0.25) is 0 Å². The van der Waals surface area contributed by atoms with Crippen molar-refractivity contribution in [2.75, 3.05) is 13.7 Å². The van der Waals surface area contributed by atoms with E-state index in [2.05, 4.69) is 19.2 Å². The number of benzene rings is 1. The fraction of sp³-hybridized carbons (Fsp3) is 0.647. The van der Waals surface area contributed by atoms with E-state index >= 15 is 0 Å². The van der Waals surface area contributed by atoms with Gasteiger partial charge in [-0.1, -0.05) is 6.92 Å². The third kappa shape index (κ3) is 2.87. The predicted octanol–water partition coefficient (Wildman–Crippen LogP) is 2.44. The van der Waals surface area contributed by atoms with E-state index in [9.17, 15) is 5.11 Å². The van der Waals surface area contributed by atoms with Crippen molar-refractivity contribution in [1.29, 1.82) is 0 Å². The molecule has 1 aromatic carbocycles. The second kappa shape index (κ2) is 5.85. The minimum Gasteiger partial charge on any atom is -0.496 e. The van der Waals surface area contributed by atoms with Crippen molar-refractivity contribution in [3.63, 3.8) is 0 Å². The summed E-state index contributed by atoms with van der Waals surface area (Å²) >= 11 is 0. The van der Waals surface area contributed by atoms with Gasteiger partial charge in [0.25, 0.3) is 0 Å². The lowest BCUT2D eigenvalue weighted by Gasteiger charge is -2.32. The first kappa shape index (κ1) is 14.7. The van der Waals surface area contributed by atoms with Gasteiger partial charge in [0, 0.05) is 23.6 Å². The summed E-state index contributed by atoms with van der Waals surface area (Å²) in [5.41, 5.74) is 2.00. The lowest BCUT2D eigenvalue weighted by Crippen LogP contribution is -2.41. The molecule has 0 aromatic heterocycles. The van der Waals surface area contributed by atoms with Gasteiger partial charge in [-0.25, -0.2) is 0 Å². The van der Waals surface area contributed by atoms with Crippen molar-refractivity contribution in [1.82, 2.24) is 5.32 Å². The van der Waals surface area contributed by atoms with E-state index in [0.717, 1.165) is 36.4 Å². The molecule has 1 fully saturated rings. The van der Waals surface area contributed by atoms with E-state index in [1.807, 2.05) is 12.1 Å². The Morgan fingerprint density at radius 3 is 2.90 bits per heavy atom. The average Bonchev–Trinajstić information content (AvgIpc) is 2.84. The van der Waals surface area contributed by atoms with Gasteiger partial charge in [0.1, 0.15) is 17.6 Å². The summed E-state index contributed by atoms with van der Waals surface area (Å²) in [6.07, 6.45) is 2.70. The quantitative estimate of drug-likeness (QED) is 0.898. The van der Waals surface area contributed by atoms with Crippen LogP contribution >= 0.6 is 0 Å². The van der Waals surface area contributed by atoms with Gasteiger partial charge in [-0.15, -0.1) is 0 Å². The number of fused-ring (bicyclic) bond motifs is 1. The van der Waals surface area contributed by atoms with Crippen molar-refractivity contribution in [2.24, 2.45) is 5.92 Å². The zero-order valence-electron chi connectivity index (χ0n) is 13.1. The van der Waals surface area contributed by atoms with Crippen molar-refractivity contribution in [3.05, 3.63) is 23.3 Å². The van der Waals surface area contributed by atoms with E-state index < -0.39 is 6.10 Å². The van der Waals surface area contributed by atoms with Gasteiger partial charge in [0.05, 0.1) is 13.2 Å². The molecule has 21 heavy (non-hydrogen) atoms. The van der Waals surface area contributed by atoms with Crippen LogP contribution in [0, 0.1) is 5.92 Å². The molecule has 4 heteroatoms. The first-order valence-corrected chi connectivity index (χ1v) is 7.87. The second-order valence-electron chi connectivity index (χ2n) is 6.47. The van der Waals surface area contributed by atoms with Crippen molar-refractivity contribution < 1.29 is 14.6 Å². The Kier molecular flexibility index (Phi) is 4.09. The molecule has 2 N–H and O–H groups in total. The number of hydrogen-bond donors (Lipinski definition) is 2. The van der Waals surface area contributed by atoms with Crippen LogP contribution in [0.4, 0.5) is 0 Å². The Bertz CT molecular complexity index is 517. The summed E-state index contributed by atoms with van der Waals surface area (Å²) in [6.45, 7) is 5.27. The number of methoxy groups -OCH3 is 1. The topological polar surface area (TPSA) is 50.7 Å². The molecule has 2 aliphatic rings. The minimum atomic E-state index is -0.562. The van der Waals surface area contributed by atoms with Crippen LogP contribution in [0.2, 0.25) is 0 Å². The standard InChI is InChI=1S/C17H25NO3/c1-10-4-5-18-14(6-10)17(19)13-9-15-12(7-11(2)21-15)8-16(13)20-3/h8-11,14,17-19H,4-7H2,1-3H3. The molecule has 4 atom stereocenters. The zero-order chi connectivity index (χ0) is 15.0. The molecule has 0 amide bonds. The number of ether oxygens (including phenoxy) is 2. The highest BCUT2D eigenvalue weighted by atomic mass is 16.5. The molecule has 0 radical (unpaired) electrons. The molecule has 116 valence electrons. The van der Waals surface area contributed by atoms with Crippen LogP contribution in [0.25, 0.3) is 0 Å². The van der Waals surface area contributed by atoms with Gasteiger partial charge in [-0.2, -0.15) is 0 Å². The summed E-state index contributed by atoms with van der Waals surface area (Å²) in [7, 11) is 1.66. The fourth-order valence-electron chi connectivity index (χ4n) is 3.47. The van der Waals surface area contributed by atoms with E-state index in [0.29, 0.717) is 5.92 Å². The smallest absolute Gasteiger partial charge is 0.125 e. The number of hydrogen-bond acceptors (Lipinski definition) is 4. The molecule has 0 aliphatic carbocycles. The molecule has 3 rings (SSSR count). The van der Waals surface area contributed by atoms with Gasteiger partial charge in [0.2, 0.25) is 0 Å². The lowest BCUT2D eigenvalue weighted by atomic mass is 9.88. The van der Waals surface area contributed by atoms with Crippen molar-refractivity contribution in [3.8, 4) is 11.5 Å². The highest BCUT2D eigenvalue weighted by molar-refractivity contribution is 5.49. The van der Waals surface area contributed by atoms with Crippen LogP contribution in [0.5, 0.6) is 11.5 Å². The minimum absolute atomic E-state index is 0.0829. The molecular formula is C17H25NO3. The van der Waals surface area contributed by atoms with Crippen LogP contribution in [-0.2, 0) is 6.42 Å². The SMILES string of the molecule is COc1cc2c(cc1C(O)C1CC(C)CCN1)OC(C)C2. The lowest BCUT2D eigenvalue weighted by molar-refractivity contribution is 0.0986. The van der Waals surface area contributed by atoms with E-state index in [1.54, 1.807) is 7.11 Å². The Hall–Kier alpha value is -1.26. The molecule has 2 heterocycles. The molecule has 0 saturated carbocycles. The highest BCUT2D eigenvalue weighted by Gasteiger charge is 2.30. The van der Waals surface area contributed by atoms with Gasteiger partial charge < -0.3 is 19.9 Å². The molecule has 1 saturated heterocycles. The molecule has 1 aromatic rings. The summed E-state index contributed by atoms with van der Waals surface area (Å²) in [6, 6.07) is 4.06. The molecule has 4 nitrogen and oxygen atoms in total. The Morgan fingerprint density at radius 1 is 1.38 bits per heavy atom. The Labute approximate surface area is 126 Å². The van der Waals surface area contributed by atoms with Gasteiger partial charge in [-0.05, 0) is 44.4 Å². The van der Waals surface area contributed by atoms with E-state index in [-0.39, 0.29) is 12.1 Å². The summed E-state index contributed by atoms with van der Waals surface area (Å²) in [5.74, 6) is 2.29. The number of rotatable bonds is 3. The van der Waals surface area contributed by atoms with Crippen LogP contribution in [0.15, 0.2) is 12.1 Å². The second-order valence-corrected chi connectivity index (χ2v) is 6.47. The van der Waals surface area contributed by atoms with Crippen molar-refractivity contribution in [2.45, 2.75) is 51.4 Å². The monoisotopic (exact) mass is 291 g/mol. The zero-order valence-corrected chi connectivity index (χ0v) is 13.1. The number of aliphatic hydroxyl groups is 1. The third-order valence-electron chi connectivity index (χ3n) is 4.65. The number of piperidine rings is 1. The predicted molar refractivity (Wildman–Crippen MR) is 81.9 cm³/mol. The number of nitrogens with one attached hydrogen (secondary N) is 1. The fourth-order valence-corrected chi connectivity index (χ4v) is 3.47. The summed E-state index contributed by atoms with van der Waals surface area (Å²) in [4.78, 5) is 0. The van der Waals surface area contributed by atoms with E-state index in [1.165, 1.54) is 12.0 Å². The molecule has 0 bridgehead atoms. The Morgan fingerprint density at radius 2 is 2.19 bits per heavy atom. The van der Waals surface area contributed by atoms with Crippen LogP contribution < -0.4 is 14.8 Å². The molecular weight excluding hydrogens is 266 g/mol. The summed E-state index contributed by atoms with van der Waals surface area (Å²) in [5, 5.41) is 14.2. The third-order valence-corrected chi connectivity index (χ3v) is 4.65. The van der Waals surface area contributed by atoms with Crippen LogP contribution in [0.1, 0.15) is 43.9 Å². The van der Waals surface area contributed by atoms with Crippen LogP contribution in [0.3, 0.4) is 0 Å². The molecule has 0 spiro atoms. The largest absolute Gasteiger partial charge is 0.496 e. The maximum Gasteiger partial charge on any atom is 0.125 e. The van der Waals surface area contributed by atoms with Gasteiger partial charge in [0.15, 0.2) is 0 Å². The average molecular weight is 291 g/mol. The van der Waals surface area contributed by atoms with Crippen molar-refractivity contribution >= 4 is 0 Å². The summed E-state index contributed by atoms with van der Waals surface area (Å²) < 4.78 is 11.3. The first-order valence-electron chi connectivity index (χ1n) is 7.87. The van der Waals surface area contributed by atoms with E-state index in [4.69, 9.17) is 9.47 Å². The maximum absolute atomic E-state index is 10.8. The molecule has 2 aliphatic heterocycles. The first-order chi connectivity index (χ1) is 10.1. The molecule has 4 unspecified atom stereocenters. The van der Waals surface area contributed by atoms with Crippen LogP contribution in [-0.4, -0.2) is 30.9 Å². The number of aliphatic hydroxyl groups excluding tert-OH is 1. The highest BCUT2D eigenvalue weighted by Crippen LogP contribution is 2.39. The maximum atomic E-state index is 10.8.